The van der Waals surface area contributed by atoms with Crippen LogP contribution >= 0.6 is 0 Å². The summed E-state index contributed by atoms with van der Waals surface area (Å²) >= 11 is 0. The zero-order valence-electron chi connectivity index (χ0n) is 15.5. The fraction of sp³-hybridized carbons (Fsp3) is 0.429. The number of amides is 1. The highest BCUT2D eigenvalue weighted by molar-refractivity contribution is 5.88. The van der Waals surface area contributed by atoms with Crippen LogP contribution in [0.1, 0.15) is 55.5 Å². The third-order valence-electron chi connectivity index (χ3n) is 5.51. The highest BCUT2D eigenvalue weighted by Gasteiger charge is 2.25. The Balaban J connectivity index is 1.37. The predicted octanol–water partition coefficient (Wildman–Crippen LogP) is 3.96. The molecule has 0 atom stereocenters. The van der Waals surface area contributed by atoms with Gasteiger partial charge in [-0.25, -0.2) is 0 Å². The molecule has 3 aromatic rings. The van der Waals surface area contributed by atoms with Crippen molar-refractivity contribution < 1.29 is 4.79 Å². The molecule has 0 spiro atoms. The average molecular weight is 350 g/mol. The van der Waals surface area contributed by atoms with Gasteiger partial charge in [-0.05, 0) is 36.5 Å². The molecule has 1 aliphatic heterocycles. The Kier molecular flexibility index (Phi) is 4.53. The zero-order valence-corrected chi connectivity index (χ0v) is 15.5. The maximum atomic E-state index is 12.7. The zero-order chi connectivity index (χ0) is 18.1. The van der Waals surface area contributed by atoms with Gasteiger partial charge in [0.05, 0.1) is 12.1 Å². The third kappa shape index (κ3) is 3.26. The van der Waals surface area contributed by atoms with Crippen molar-refractivity contribution in [3.63, 3.8) is 0 Å². The van der Waals surface area contributed by atoms with Crippen molar-refractivity contribution in [3.8, 4) is 0 Å². The number of hydrogen-bond acceptors (Lipinski definition) is 2. The molecule has 1 saturated heterocycles. The summed E-state index contributed by atoms with van der Waals surface area (Å²) in [5, 5.41) is 8.76. The molecule has 1 aromatic carbocycles. The minimum absolute atomic E-state index is 0.223. The number of likely N-dealkylation sites (tertiary alicyclic amines) is 1. The second kappa shape index (κ2) is 6.98. The summed E-state index contributed by atoms with van der Waals surface area (Å²) in [5.41, 5.74) is 4.52. The van der Waals surface area contributed by atoms with Gasteiger partial charge in [-0.3, -0.25) is 9.89 Å². The van der Waals surface area contributed by atoms with Crippen molar-refractivity contribution in [2.24, 2.45) is 0 Å². The summed E-state index contributed by atoms with van der Waals surface area (Å²) in [6, 6.07) is 10.3. The Hall–Kier alpha value is -2.56. The Morgan fingerprint density at radius 2 is 2.04 bits per heavy atom. The lowest BCUT2D eigenvalue weighted by Gasteiger charge is -2.31. The molecular formula is C21H26N4O. The van der Waals surface area contributed by atoms with Crippen LogP contribution in [0.15, 0.2) is 36.5 Å². The van der Waals surface area contributed by atoms with E-state index in [0.29, 0.717) is 18.3 Å². The second-order valence-corrected chi connectivity index (χ2v) is 7.59. The summed E-state index contributed by atoms with van der Waals surface area (Å²) in [6.07, 6.45) is 4.43. The third-order valence-corrected chi connectivity index (χ3v) is 5.51. The molecule has 2 aromatic heterocycles. The number of aromatic nitrogens is 3. The topological polar surface area (TPSA) is 64.8 Å². The Bertz CT molecular complexity index is 900. The number of nitrogens with one attached hydrogen (secondary N) is 2. The van der Waals surface area contributed by atoms with Gasteiger partial charge in [-0.1, -0.05) is 32.0 Å². The first-order valence-corrected chi connectivity index (χ1v) is 9.50. The summed E-state index contributed by atoms with van der Waals surface area (Å²) in [4.78, 5) is 18.0. The molecule has 0 aliphatic carbocycles. The number of rotatable bonds is 4. The number of para-hydroxylation sites is 1. The van der Waals surface area contributed by atoms with Crippen LogP contribution in [-0.2, 0) is 11.2 Å². The maximum Gasteiger partial charge on any atom is 0.227 e. The lowest BCUT2D eigenvalue weighted by Crippen LogP contribution is -2.38. The van der Waals surface area contributed by atoms with E-state index >= 15 is 0 Å². The van der Waals surface area contributed by atoms with Crippen LogP contribution in [0.5, 0.6) is 0 Å². The minimum atomic E-state index is 0.223. The van der Waals surface area contributed by atoms with Gasteiger partial charge < -0.3 is 9.88 Å². The minimum Gasteiger partial charge on any atom is -0.361 e. The number of hydrogen-bond donors (Lipinski definition) is 2. The standard InChI is InChI=1S/C21H26N4O/c1-14(2)19-12-20(24-23-19)15-7-9-25(10-8-15)21(26)11-16-13-22-18-6-4-3-5-17(16)18/h3-6,12-15,22H,7-11H2,1-2H3,(H,23,24). The summed E-state index contributed by atoms with van der Waals surface area (Å²) in [5.74, 6) is 1.14. The fourth-order valence-electron chi connectivity index (χ4n) is 3.85. The van der Waals surface area contributed by atoms with Gasteiger partial charge in [0.25, 0.3) is 0 Å². The molecule has 136 valence electrons. The van der Waals surface area contributed by atoms with E-state index in [1.54, 1.807) is 0 Å². The molecular weight excluding hydrogens is 324 g/mol. The monoisotopic (exact) mass is 350 g/mol. The fourth-order valence-corrected chi connectivity index (χ4v) is 3.85. The number of nitrogens with zero attached hydrogens (tertiary/aromatic N) is 2. The first-order valence-electron chi connectivity index (χ1n) is 9.50. The normalized spacial score (nSPS) is 15.9. The molecule has 0 unspecified atom stereocenters. The second-order valence-electron chi connectivity index (χ2n) is 7.59. The Labute approximate surface area is 153 Å². The van der Waals surface area contributed by atoms with E-state index in [2.05, 4.69) is 41.2 Å². The largest absolute Gasteiger partial charge is 0.361 e. The van der Waals surface area contributed by atoms with E-state index in [9.17, 15) is 4.79 Å². The van der Waals surface area contributed by atoms with E-state index in [1.165, 1.54) is 5.69 Å². The predicted molar refractivity (Wildman–Crippen MR) is 103 cm³/mol. The van der Waals surface area contributed by atoms with E-state index in [-0.39, 0.29) is 5.91 Å². The van der Waals surface area contributed by atoms with Crippen molar-refractivity contribution in [2.45, 2.75) is 44.9 Å². The first-order chi connectivity index (χ1) is 12.6. The SMILES string of the molecule is CC(C)c1cc(C2CCN(C(=O)Cc3c[nH]c4ccccc34)CC2)[nH]n1. The number of H-pyrrole nitrogens is 2. The van der Waals surface area contributed by atoms with Crippen molar-refractivity contribution in [1.82, 2.24) is 20.1 Å². The van der Waals surface area contributed by atoms with Crippen LogP contribution in [0.2, 0.25) is 0 Å². The quantitative estimate of drug-likeness (QED) is 0.748. The lowest BCUT2D eigenvalue weighted by atomic mass is 9.92. The van der Waals surface area contributed by atoms with Crippen molar-refractivity contribution in [2.75, 3.05) is 13.1 Å². The van der Waals surface area contributed by atoms with Crippen LogP contribution in [0, 0.1) is 0 Å². The van der Waals surface area contributed by atoms with Gasteiger partial charge in [0.2, 0.25) is 5.91 Å². The molecule has 1 aliphatic rings. The van der Waals surface area contributed by atoms with Crippen LogP contribution in [0.3, 0.4) is 0 Å². The van der Waals surface area contributed by atoms with Gasteiger partial charge in [0, 0.05) is 41.8 Å². The van der Waals surface area contributed by atoms with E-state index in [4.69, 9.17) is 0 Å². The molecule has 5 heteroatoms. The number of carbonyl (C=O) groups is 1. The molecule has 3 heterocycles. The number of aromatic amines is 2. The number of fused-ring (bicyclic) bond motifs is 1. The summed E-state index contributed by atoms with van der Waals surface area (Å²) in [6.45, 7) is 5.96. The van der Waals surface area contributed by atoms with Gasteiger partial charge in [-0.15, -0.1) is 0 Å². The summed E-state index contributed by atoms with van der Waals surface area (Å²) < 4.78 is 0. The molecule has 0 radical (unpaired) electrons. The highest BCUT2D eigenvalue weighted by Crippen LogP contribution is 2.29. The van der Waals surface area contributed by atoms with Crippen molar-refractivity contribution in [1.29, 1.82) is 0 Å². The smallest absolute Gasteiger partial charge is 0.227 e. The van der Waals surface area contributed by atoms with Crippen molar-refractivity contribution >= 4 is 16.8 Å². The lowest BCUT2D eigenvalue weighted by molar-refractivity contribution is -0.131. The van der Waals surface area contributed by atoms with E-state index in [1.807, 2.05) is 29.3 Å². The molecule has 1 amide bonds. The molecule has 0 bridgehead atoms. The highest BCUT2D eigenvalue weighted by atomic mass is 16.2. The van der Waals surface area contributed by atoms with Crippen LogP contribution in [-0.4, -0.2) is 39.1 Å². The summed E-state index contributed by atoms with van der Waals surface area (Å²) in [7, 11) is 0. The number of carbonyl (C=O) groups excluding carboxylic acids is 1. The van der Waals surface area contributed by atoms with E-state index < -0.39 is 0 Å². The molecule has 4 rings (SSSR count). The van der Waals surface area contributed by atoms with E-state index in [0.717, 1.165) is 48.1 Å². The average Bonchev–Trinajstić information content (AvgIpc) is 3.30. The van der Waals surface area contributed by atoms with Crippen LogP contribution in [0.4, 0.5) is 0 Å². The maximum absolute atomic E-state index is 12.7. The van der Waals surface area contributed by atoms with Gasteiger partial charge in [0.1, 0.15) is 0 Å². The number of piperidine rings is 1. The molecule has 0 saturated carbocycles. The Morgan fingerprint density at radius 1 is 1.27 bits per heavy atom. The molecule has 5 nitrogen and oxygen atoms in total. The molecule has 1 fully saturated rings. The van der Waals surface area contributed by atoms with Gasteiger partial charge >= 0.3 is 0 Å². The van der Waals surface area contributed by atoms with Crippen molar-refractivity contribution in [3.05, 3.63) is 53.5 Å². The van der Waals surface area contributed by atoms with Crippen LogP contribution < -0.4 is 0 Å². The van der Waals surface area contributed by atoms with Gasteiger partial charge in [0.15, 0.2) is 0 Å². The van der Waals surface area contributed by atoms with Crippen LogP contribution in [0.25, 0.3) is 10.9 Å². The molecule has 26 heavy (non-hydrogen) atoms. The first kappa shape index (κ1) is 16.9. The molecule has 2 N–H and O–H groups in total. The van der Waals surface area contributed by atoms with Gasteiger partial charge in [-0.2, -0.15) is 5.10 Å². The Morgan fingerprint density at radius 3 is 2.77 bits per heavy atom. The number of benzene rings is 1.